The van der Waals surface area contributed by atoms with Crippen molar-refractivity contribution in [3.63, 3.8) is 0 Å². The highest BCUT2D eigenvalue weighted by Crippen LogP contribution is 2.02. The lowest BCUT2D eigenvalue weighted by atomic mass is 10.2. The van der Waals surface area contributed by atoms with Crippen LogP contribution in [0, 0.1) is 0 Å². The van der Waals surface area contributed by atoms with Gasteiger partial charge in [0.1, 0.15) is 0 Å². The molecule has 15 heavy (non-hydrogen) atoms. The minimum Gasteiger partial charge on any atom is -0.377 e. The van der Waals surface area contributed by atoms with Crippen molar-refractivity contribution in [2.24, 2.45) is 5.84 Å². The largest absolute Gasteiger partial charge is 0.377 e. The van der Waals surface area contributed by atoms with Crippen LogP contribution in [0.3, 0.4) is 0 Å². The third-order valence-corrected chi connectivity index (χ3v) is 2.45. The number of ether oxygens (including phenoxy) is 1. The molecule has 0 bridgehead atoms. The molecule has 0 amide bonds. The molecule has 0 radical (unpaired) electrons. The molecular weight excluding hydrogens is 188 g/mol. The molecule has 0 aromatic heterocycles. The first-order valence-electron chi connectivity index (χ1n) is 5.44. The second-order valence-corrected chi connectivity index (χ2v) is 3.60. The molecule has 1 aromatic rings. The summed E-state index contributed by atoms with van der Waals surface area (Å²) in [5.41, 5.74) is 3.98. The first-order chi connectivity index (χ1) is 7.36. The van der Waals surface area contributed by atoms with Crippen molar-refractivity contribution in [1.29, 1.82) is 0 Å². The SMILES string of the molecule is CCC(CCOCc1ccccc1)NN. The Labute approximate surface area is 91.6 Å². The van der Waals surface area contributed by atoms with Crippen LogP contribution in [0.5, 0.6) is 0 Å². The van der Waals surface area contributed by atoms with E-state index in [1.54, 1.807) is 0 Å². The molecule has 1 atom stereocenters. The van der Waals surface area contributed by atoms with Gasteiger partial charge in [-0.1, -0.05) is 37.3 Å². The number of hydrogen-bond acceptors (Lipinski definition) is 3. The highest BCUT2D eigenvalue weighted by molar-refractivity contribution is 5.13. The molecule has 84 valence electrons. The summed E-state index contributed by atoms with van der Waals surface area (Å²) in [6.07, 6.45) is 1.99. The van der Waals surface area contributed by atoms with E-state index in [-0.39, 0.29) is 0 Å². The Kier molecular flexibility index (Phi) is 6.00. The smallest absolute Gasteiger partial charge is 0.0716 e. The van der Waals surface area contributed by atoms with Gasteiger partial charge in [-0.05, 0) is 18.4 Å². The first-order valence-corrected chi connectivity index (χ1v) is 5.44. The third-order valence-electron chi connectivity index (χ3n) is 2.45. The average Bonchev–Trinajstić information content (AvgIpc) is 2.31. The maximum absolute atomic E-state index is 5.56. The summed E-state index contributed by atoms with van der Waals surface area (Å²) >= 11 is 0. The van der Waals surface area contributed by atoms with Crippen molar-refractivity contribution in [3.8, 4) is 0 Å². The minimum absolute atomic E-state index is 0.362. The zero-order valence-electron chi connectivity index (χ0n) is 9.28. The van der Waals surface area contributed by atoms with Crippen molar-refractivity contribution in [2.45, 2.75) is 32.4 Å². The van der Waals surface area contributed by atoms with Crippen LogP contribution < -0.4 is 11.3 Å². The number of hydrogen-bond donors (Lipinski definition) is 2. The number of benzene rings is 1. The van der Waals surface area contributed by atoms with Crippen LogP contribution in [0.4, 0.5) is 0 Å². The standard InChI is InChI=1S/C12H20N2O/c1-2-12(14-13)8-9-15-10-11-6-4-3-5-7-11/h3-7,12,14H,2,8-10,13H2,1H3. The van der Waals surface area contributed by atoms with Crippen LogP contribution >= 0.6 is 0 Å². The normalized spacial score (nSPS) is 12.7. The average molecular weight is 208 g/mol. The molecule has 0 aliphatic heterocycles. The summed E-state index contributed by atoms with van der Waals surface area (Å²) < 4.78 is 5.56. The lowest BCUT2D eigenvalue weighted by molar-refractivity contribution is 0.111. The summed E-state index contributed by atoms with van der Waals surface area (Å²) in [6, 6.07) is 10.6. The van der Waals surface area contributed by atoms with Crippen molar-refractivity contribution in [1.82, 2.24) is 5.43 Å². The van der Waals surface area contributed by atoms with E-state index in [9.17, 15) is 0 Å². The Morgan fingerprint density at radius 1 is 1.33 bits per heavy atom. The van der Waals surface area contributed by atoms with Crippen LogP contribution in [-0.2, 0) is 11.3 Å². The van der Waals surface area contributed by atoms with E-state index in [4.69, 9.17) is 10.6 Å². The van der Waals surface area contributed by atoms with E-state index < -0.39 is 0 Å². The van der Waals surface area contributed by atoms with E-state index in [2.05, 4.69) is 24.5 Å². The second kappa shape index (κ2) is 7.40. The van der Waals surface area contributed by atoms with Crippen molar-refractivity contribution < 1.29 is 4.74 Å². The Bertz CT molecular complexity index is 247. The monoisotopic (exact) mass is 208 g/mol. The van der Waals surface area contributed by atoms with Gasteiger partial charge in [-0.3, -0.25) is 11.3 Å². The summed E-state index contributed by atoms with van der Waals surface area (Å²) in [4.78, 5) is 0. The Hall–Kier alpha value is -0.900. The summed E-state index contributed by atoms with van der Waals surface area (Å²) in [7, 11) is 0. The third kappa shape index (κ3) is 4.93. The first kappa shape index (κ1) is 12.2. The molecule has 1 rings (SSSR count). The maximum Gasteiger partial charge on any atom is 0.0716 e. The molecule has 1 aromatic carbocycles. The Morgan fingerprint density at radius 3 is 2.67 bits per heavy atom. The van der Waals surface area contributed by atoms with E-state index in [1.165, 1.54) is 5.56 Å². The predicted octanol–water partition coefficient (Wildman–Crippen LogP) is 1.84. The minimum atomic E-state index is 0.362. The van der Waals surface area contributed by atoms with Crippen LogP contribution in [0.25, 0.3) is 0 Å². The Balaban J connectivity index is 2.12. The van der Waals surface area contributed by atoms with E-state index >= 15 is 0 Å². The topological polar surface area (TPSA) is 47.3 Å². The molecule has 0 saturated carbocycles. The van der Waals surface area contributed by atoms with Gasteiger partial charge >= 0.3 is 0 Å². The molecule has 0 aliphatic rings. The second-order valence-electron chi connectivity index (χ2n) is 3.60. The van der Waals surface area contributed by atoms with Gasteiger partial charge < -0.3 is 4.74 Å². The van der Waals surface area contributed by atoms with Gasteiger partial charge in [-0.25, -0.2) is 0 Å². The summed E-state index contributed by atoms with van der Waals surface area (Å²) in [5.74, 6) is 5.37. The predicted molar refractivity (Wildman–Crippen MR) is 62.1 cm³/mol. The molecule has 3 N–H and O–H groups in total. The molecule has 0 fully saturated rings. The van der Waals surface area contributed by atoms with Crippen LogP contribution in [0.2, 0.25) is 0 Å². The van der Waals surface area contributed by atoms with E-state index in [1.807, 2.05) is 18.2 Å². The van der Waals surface area contributed by atoms with Gasteiger partial charge in [0.15, 0.2) is 0 Å². The van der Waals surface area contributed by atoms with Crippen LogP contribution in [0.1, 0.15) is 25.3 Å². The van der Waals surface area contributed by atoms with Gasteiger partial charge in [0.25, 0.3) is 0 Å². The fourth-order valence-corrected chi connectivity index (χ4v) is 1.40. The van der Waals surface area contributed by atoms with Crippen LogP contribution in [0.15, 0.2) is 30.3 Å². The molecular formula is C12H20N2O. The molecule has 3 heteroatoms. The van der Waals surface area contributed by atoms with Gasteiger partial charge in [0, 0.05) is 12.6 Å². The maximum atomic E-state index is 5.56. The molecule has 0 heterocycles. The van der Waals surface area contributed by atoms with Gasteiger partial charge in [0.05, 0.1) is 6.61 Å². The fourth-order valence-electron chi connectivity index (χ4n) is 1.40. The highest BCUT2D eigenvalue weighted by Gasteiger charge is 2.02. The van der Waals surface area contributed by atoms with E-state index in [0.717, 1.165) is 19.4 Å². The zero-order chi connectivity index (χ0) is 10.9. The van der Waals surface area contributed by atoms with Gasteiger partial charge in [0.2, 0.25) is 0 Å². The van der Waals surface area contributed by atoms with Gasteiger partial charge in [-0.2, -0.15) is 0 Å². The quantitative estimate of drug-likeness (QED) is 0.408. The van der Waals surface area contributed by atoms with Crippen molar-refractivity contribution in [3.05, 3.63) is 35.9 Å². The van der Waals surface area contributed by atoms with Crippen molar-refractivity contribution in [2.75, 3.05) is 6.61 Å². The molecule has 3 nitrogen and oxygen atoms in total. The van der Waals surface area contributed by atoms with Gasteiger partial charge in [-0.15, -0.1) is 0 Å². The van der Waals surface area contributed by atoms with Crippen molar-refractivity contribution >= 4 is 0 Å². The summed E-state index contributed by atoms with van der Waals surface area (Å²) in [5, 5.41) is 0. The molecule has 0 aliphatic carbocycles. The molecule has 0 spiro atoms. The fraction of sp³-hybridized carbons (Fsp3) is 0.500. The molecule has 0 saturated heterocycles. The summed E-state index contributed by atoms with van der Waals surface area (Å²) in [6.45, 7) is 3.54. The van der Waals surface area contributed by atoms with E-state index in [0.29, 0.717) is 12.6 Å². The number of nitrogens with one attached hydrogen (secondary N) is 1. The number of hydrazine groups is 1. The highest BCUT2D eigenvalue weighted by atomic mass is 16.5. The number of nitrogens with two attached hydrogens (primary N) is 1. The lowest BCUT2D eigenvalue weighted by Crippen LogP contribution is -2.35. The van der Waals surface area contributed by atoms with Crippen LogP contribution in [-0.4, -0.2) is 12.6 Å². The lowest BCUT2D eigenvalue weighted by Gasteiger charge is -2.13. The Morgan fingerprint density at radius 2 is 2.07 bits per heavy atom. The zero-order valence-corrected chi connectivity index (χ0v) is 9.28. The number of rotatable bonds is 7. The molecule has 1 unspecified atom stereocenters.